The zero-order valence-electron chi connectivity index (χ0n) is 14.6. The molecule has 2 aromatic rings. The first-order chi connectivity index (χ1) is 12.5. The fourth-order valence-electron chi connectivity index (χ4n) is 3.69. The minimum Gasteiger partial charge on any atom is -0.324 e. The summed E-state index contributed by atoms with van der Waals surface area (Å²) >= 11 is 1.55. The molecule has 1 aromatic carbocycles. The van der Waals surface area contributed by atoms with E-state index in [1.54, 1.807) is 24.3 Å². The van der Waals surface area contributed by atoms with Gasteiger partial charge in [0.2, 0.25) is 17.7 Å². The summed E-state index contributed by atoms with van der Waals surface area (Å²) in [7, 11) is 0. The maximum Gasteiger partial charge on any atom is 0.247 e. The molecule has 2 heterocycles. The van der Waals surface area contributed by atoms with Crippen LogP contribution in [0.15, 0.2) is 30.4 Å². The first kappa shape index (κ1) is 16.9. The molecule has 0 bridgehead atoms. The summed E-state index contributed by atoms with van der Waals surface area (Å²) in [5.74, 6) is -1.47. The van der Waals surface area contributed by atoms with Gasteiger partial charge in [-0.3, -0.25) is 19.3 Å². The molecule has 6 nitrogen and oxygen atoms in total. The zero-order chi connectivity index (χ0) is 18.4. The number of likely N-dealkylation sites (tertiary alicyclic amines) is 1. The Morgan fingerprint density at radius 3 is 2.54 bits per heavy atom. The molecule has 1 saturated heterocycles. The maximum atomic E-state index is 12.7. The fourth-order valence-corrected chi connectivity index (χ4v) is 4.56. The number of aryl methyl sites for hydroxylation is 1. The van der Waals surface area contributed by atoms with Gasteiger partial charge < -0.3 is 5.32 Å². The van der Waals surface area contributed by atoms with Gasteiger partial charge in [-0.2, -0.15) is 0 Å². The lowest BCUT2D eigenvalue weighted by molar-refractivity contribution is -0.146. The third-order valence-corrected chi connectivity index (χ3v) is 6.00. The first-order valence-electron chi connectivity index (χ1n) is 8.65. The van der Waals surface area contributed by atoms with Gasteiger partial charge in [0, 0.05) is 5.69 Å². The van der Waals surface area contributed by atoms with Crippen molar-refractivity contribution in [3.63, 3.8) is 0 Å². The summed E-state index contributed by atoms with van der Waals surface area (Å²) in [5, 5.41) is 3.78. The van der Waals surface area contributed by atoms with E-state index >= 15 is 0 Å². The molecule has 4 rings (SSSR count). The van der Waals surface area contributed by atoms with E-state index in [9.17, 15) is 14.4 Å². The van der Waals surface area contributed by atoms with Crippen molar-refractivity contribution in [2.45, 2.75) is 32.7 Å². The third-order valence-electron chi connectivity index (χ3n) is 5.07. The van der Waals surface area contributed by atoms with Crippen LogP contribution in [0.2, 0.25) is 0 Å². The van der Waals surface area contributed by atoms with Crippen LogP contribution in [0.1, 0.15) is 24.8 Å². The van der Waals surface area contributed by atoms with Crippen LogP contribution >= 0.6 is 11.3 Å². The van der Waals surface area contributed by atoms with Gasteiger partial charge in [-0.1, -0.05) is 12.2 Å². The number of amides is 3. The SMILES string of the molecule is Cc1nc2ccc(NC(=O)[C@H](C)N3C(=O)C4CC=CCC4C3=O)cc2s1. The Hall–Kier alpha value is -2.54. The number of anilines is 1. The molecule has 3 atom stereocenters. The number of hydrogen-bond donors (Lipinski definition) is 1. The minimum absolute atomic E-state index is 0.236. The highest BCUT2D eigenvalue weighted by Gasteiger charge is 2.50. The number of carbonyl (C=O) groups is 3. The molecule has 1 aliphatic carbocycles. The molecule has 0 saturated carbocycles. The predicted molar refractivity (Wildman–Crippen MR) is 99.7 cm³/mol. The van der Waals surface area contributed by atoms with E-state index in [0.717, 1.165) is 20.1 Å². The topological polar surface area (TPSA) is 79.4 Å². The van der Waals surface area contributed by atoms with Crippen LogP contribution in [0.5, 0.6) is 0 Å². The number of hydrogen-bond acceptors (Lipinski definition) is 5. The summed E-state index contributed by atoms with van der Waals surface area (Å²) in [4.78, 5) is 43.4. The Morgan fingerprint density at radius 1 is 1.23 bits per heavy atom. The summed E-state index contributed by atoms with van der Waals surface area (Å²) in [6, 6.07) is 4.66. The third kappa shape index (κ3) is 2.72. The molecule has 3 amide bonds. The number of carbonyl (C=O) groups excluding carboxylic acids is 3. The first-order valence-corrected chi connectivity index (χ1v) is 9.47. The predicted octanol–water partition coefficient (Wildman–Crippen LogP) is 2.88. The number of nitrogens with one attached hydrogen (secondary N) is 1. The van der Waals surface area contributed by atoms with Crippen LogP contribution in [0, 0.1) is 18.8 Å². The Bertz CT molecular complexity index is 923. The molecule has 7 heteroatoms. The number of nitrogens with zero attached hydrogens (tertiary/aromatic N) is 2. The van der Waals surface area contributed by atoms with Gasteiger partial charge in [-0.25, -0.2) is 4.98 Å². The van der Waals surface area contributed by atoms with Crippen molar-refractivity contribution in [2.24, 2.45) is 11.8 Å². The molecule has 2 unspecified atom stereocenters. The van der Waals surface area contributed by atoms with Crippen molar-refractivity contribution in [3.8, 4) is 0 Å². The van der Waals surface area contributed by atoms with Gasteiger partial charge in [-0.15, -0.1) is 11.3 Å². The molecule has 1 fully saturated rings. The quantitative estimate of drug-likeness (QED) is 0.666. The highest BCUT2D eigenvalue weighted by Crippen LogP contribution is 2.36. The second-order valence-corrected chi connectivity index (χ2v) is 8.02. The Morgan fingerprint density at radius 2 is 1.88 bits per heavy atom. The average Bonchev–Trinajstić information content (AvgIpc) is 3.11. The van der Waals surface area contributed by atoms with Crippen molar-refractivity contribution in [1.29, 1.82) is 0 Å². The zero-order valence-corrected chi connectivity index (χ0v) is 15.4. The van der Waals surface area contributed by atoms with E-state index in [0.29, 0.717) is 18.5 Å². The van der Waals surface area contributed by atoms with Crippen molar-refractivity contribution in [2.75, 3.05) is 5.32 Å². The number of fused-ring (bicyclic) bond motifs is 2. The standard InChI is InChI=1S/C19H19N3O3S/c1-10(22-18(24)13-5-3-4-6-14(13)19(22)25)17(23)21-12-7-8-15-16(9-12)26-11(2)20-15/h3-4,7-10,13-14H,5-6H2,1-2H3,(H,21,23)/t10-,13?,14?/m0/s1. The highest BCUT2D eigenvalue weighted by atomic mass is 32.1. The van der Waals surface area contributed by atoms with Gasteiger partial charge in [0.25, 0.3) is 0 Å². The lowest BCUT2D eigenvalue weighted by Crippen LogP contribution is -2.46. The Labute approximate surface area is 154 Å². The molecule has 0 spiro atoms. The average molecular weight is 369 g/mol. The van der Waals surface area contributed by atoms with E-state index < -0.39 is 6.04 Å². The number of thiazole rings is 1. The van der Waals surface area contributed by atoms with Gasteiger partial charge in [0.15, 0.2) is 0 Å². The van der Waals surface area contributed by atoms with Crippen molar-refractivity contribution in [3.05, 3.63) is 35.4 Å². The minimum atomic E-state index is -0.834. The van der Waals surface area contributed by atoms with Crippen LogP contribution < -0.4 is 5.32 Å². The highest BCUT2D eigenvalue weighted by molar-refractivity contribution is 7.18. The number of allylic oxidation sites excluding steroid dienone is 2. The largest absolute Gasteiger partial charge is 0.324 e. The molecular weight excluding hydrogens is 350 g/mol. The van der Waals surface area contributed by atoms with Gasteiger partial charge in [0.05, 0.1) is 27.1 Å². The normalized spacial score (nSPS) is 23.4. The van der Waals surface area contributed by atoms with Crippen molar-refractivity contribution < 1.29 is 14.4 Å². The molecule has 1 aromatic heterocycles. The van der Waals surface area contributed by atoms with Gasteiger partial charge >= 0.3 is 0 Å². The molecule has 1 aliphatic heterocycles. The molecule has 0 radical (unpaired) electrons. The summed E-state index contributed by atoms with van der Waals surface area (Å²) < 4.78 is 0.985. The number of benzene rings is 1. The molecule has 2 aliphatic rings. The summed E-state index contributed by atoms with van der Waals surface area (Å²) in [5.41, 5.74) is 1.52. The van der Waals surface area contributed by atoms with Crippen LogP contribution in [0.4, 0.5) is 5.69 Å². The van der Waals surface area contributed by atoms with Crippen LogP contribution in [-0.2, 0) is 14.4 Å². The van der Waals surface area contributed by atoms with Crippen molar-refractivity contribution >= 4 is 45.0 Å². The number of rotatable bonds is 3. The second-order valence-electron chi connectivity index (χ2n) is 6.78. The monoisotopic (exact) mass is 369 g/mol. The van der Waals surface area contributed by atoms with Gasteiger partial charge in [-0.05, 0) is 44.9 Å². The van der Waals surface area contributed by atoms with E-state index in [2.05, 4.69) is 10.3 Å². The Balaban J connectivity index is 1.52. The van der Waals surface area contributed by atoms with Gasteiger partial charge in [0.1, 0.15) is 6.04 Å². The van der Waals surface area contributed by atoms with E-state index in [-0.39, 0.29) is 29.6 Å². The van der Waals surface area contributed by atoms with Crippen LogP contribution in [-0.4, -0.2) is 33.6 Å². The molecule has 134 valence electrons. The molecule has 1 N–H and O–H groups in total. The van der Waals surface area contributed by atoms with E-state index in [1.165, 1.54) is 0 Å². The fraction of sp³-hybridized carbons (Fsp3) is 0.368. The summed E-state index contributed by atoms with van der Waals surface area (Å²) in [6.45, 7) is 3.54. The lowest BCUT2D eigenvalue weighted by atomic mass is 9.85. The number of aromatic nitrogens is 1. The molecule has 26 heavy (non-hydrogen) atoms. The molecular formula is C19H19N3O3S. The maximum absolute atomic E-state index is 12.7. The van der Waals surface area contributed by atoms with Crippen molar-refractivity contribution in [1.82, 2.24) is 9.88 Å². The lowest BCUT2D eigenvalue weighted by Gasteiger charge is -2.22. The van der Waals surface area contributed by atoms with E-state index in [4.69, 9.17) is 0 Å². The van der Waals surface area contributed by atoms with Crippen LogP contribution in [0.25, 0.3) is 10.2 Å². The Kier molecular flexibility index (Phi) is 4.11. The number of imide groups is 1. The second kappa shape index (κ2) is 6.32. The summed E-state index contributed by atoms with van der Waals surface area (Å²) in [6.07, 6.45) is 5.02. The smallest absolute Gasteiger partial charge is 0.247 e. The van der Waals surface area contributed by atoms with Crippen LogP contribution in [0.3, 0.4) is 0 Å². The van der Waals surface area contributed by atoms with E-state index in [1.807, 2.05) is 31.2 Å².